The molecule has 0 saturated heterocycles. The van der Waals surface area contributed by atoms with Crippen molar-refractivity contribution in [2.24, 2.45) is 0 Å². The van der Waals surface area contributed by atoms with Gasteiger partial charge in [-0.3, -0.25) is 0 Å². The summed E-state index contributed by atoms with van der Waals surface area (Å²) in [5.41, 5.74) is 0.723. The maximum atomic E-state index is 12.1. The van der Waals surface area contributed by atoms with E-state index in [0.29, 0.717) is 5.56 Å². The molecule has 0 amide bonds. The van der Waals surface area contributed by atoms with E-state index in [9.17, 15) is 13.2 Å². The van der Waals surface area contributed by atoms with Crippen molar-refractivity contribution in [3.05, 3.63) is 17.2 Å². The summed E-state index contributed by atoms with van der Waals surface area (Å²) in [7, 11) is 1.30. The number of nitrogens with zero attached hydrogens (tertiary/aromatic N) is 1. The van der Waals surface area contributed by atoms with Crippen LogP contribution in [0.15, 0.2) is 6.07 Å². The normalized spacial score (nSPS) is 11.4. The molecule has 0 aliphatic rings. The molecular formula is C9H9ClF3NO2. The van der Waals surface area contributed by atoms with Gasteiger partial charge in [0, 0.05) is 17.5 Å². The molecule has 0 radical (unpaired) electrons. The van der Waals surface area contributed by atoms with Gasteiger partial charge in [-0.05, 0) is 12.5 Å². The number of hydrogen-bond donors (Lipinski definition) is 0. The molecule has 0 fully saturated rings. The number of methoxy groups -OCH3 is 1. The van der Waals surface area contributed by atoms with Crippen molar-refractivity contribution in [3.63, 3.8) is 0 Å². The van der Waals surface area contributed by atoms with Crippen LogP contribution in [0.25, 0.3) is 0 Å². The first kappa shape index (κ1) is 12.9. The smallest absolute Gasteiger partial charge is 0.481 e. The quantitative estimate of drug-likeness (QED) is 0.778. The molecule has 0 aliphatic heterocycles. The lowest BCUT2D eigenvalue weighted by molar-refractivity contribution is -0.276. The molecule has 0 aliphatic carbocycles. The third kappa shape index (κ3) is 3.16. The maximum Gasteiger partial charge on any atom is 0.574 e. The summed E-state index contributed by atoms with van der Waals surface area (Å²) in [5.74, 6) is -0.457. The monoisotopic (exact) mass is 255 g/mol. The first-order valence-electron chi connectivity index (χ1n) is 4.23. The Morgan fingerprint density at radius 1 is 1.44 bits per heavy atom. The average molecular weight is 256 g/mol. The first-order valence-corrected chi connectivity index (χ1v) is 4.77. The average Bonchev–Trinajstić information content (AvgIpc) is 2.19. The Bertz CT molecular complexity index is 382. The van der Waals surface area contributed by atoms with Crippen molar-refractivity contribution < 1.29 is 22.6 Å². The van der Waals surface area contributed by atoms with E-state index in [-0.39, 0.29) is 17.3 Å². The number of hydrogen-bond acceptors (Lipinski definition) is 3. The topological polar surface area (TPSA) is 31.4 Å². The molecule has 0 bridgehead atoms. The van der Waals surface area contributed by atoms with E-state index in [1.807, 2.05) is 0 Å². The molecule has 0 spiro atoms. The molecule has 1 aromatic rings. The van der Waals surface area contributed by atoms with Crippen molar-refractivity contribution in [2.75, 3.05) is 7.11 Å². The fraction of sp³-hybridized carbons (Fsp3) is 0.444. The standard InChI is InChI=1S/C9H9ClF3NO2/c1-5-6(4-10)3-7(15-2)14-8(5)16-9(11,12)13/h3H,4H2,1-2H3. The molecule has 0 N–H and O–H groups in total. The zero-order valence-electron chi connectivity index (χ0n) is 8.56. The van der Waals surface area contributed by atoms with E-state index in [4.69, 9.17) is 16.3 Å². The van der Waals surface area contributed by atoms with Crippen LogP contribution in [0.3, 0.4) is 0 Å². The van der Waals surface area contributed by atoms with Gasteiger partial charge in [-0.2, -0.15) is 4.98 Å². The summed E-state index contributed by atoms with van der Waals surface area (Å²) in [6.07, 6.45) is -4.78. The highest BCUT2D eigenvalue weighted by molar-refractivity contribution is 6.17. The third-order valence-electron chi connectivity index (χ3n) is 1.88. The van der Waals surface area contributed by atoms with Crippen molar-refractivity contribution in [2.45, 2.75) is 19.2 Å². The van der Waals surface area contributed by atoms with Gasteiger partial charge >= 0.3 is 6.36 Å². The van der Waals surface area contributed by atoms with Gasteiger partial charge in [-0.15, -0.1) is 24.8 Å². The van der Waals surface area contributed by atoms with Crippen LogP contribution in [0, 0.1) is 6.92 Å². The SMILES string of the molecule is COc1cc(CCl)c(C)c(OC(F)(F)F)n1. The summed E-state index contributed by atoms with van der Waals surface area (Å²) < 4.78 is 44.7. The van der Waals surface area contributed by atoms with Gasteiger partial charge in [0.1, 0.15) is 0 Å². The zero-order valence-corrected chi connectivity index (χ0v) is 9.32. The van der Waals surface area contributed by atoms with E-state index >= 15 is 0 Å². The van der Waals surface area contributed by atoms with Crippen molar-refractivity contribution in [3.8, 4) is 11.8 Å². The van der Waals surface area contributed by atoms with Crippen LogP contribution in [0.1, 0.15) is 11.1 Å². The summed E-state index contributed by atoms with van der Waals surface area (Å²) in [6, 6.07) is 1.46. The summed E-state index contributed by atoms with van der Waals surface area (Å²) in [5, 5.41) is 0. The molecule has 16 heavy (non-hydrogen) atoms. The predicted molar refractivity (Wildman–Crippen MR) is 51.8 cm³/mol. The first-order chi connectivity index (χ1) is 7.37. The number of halogens is 4. The van der Waals surface area contributed by atoms with Gasteiger partial charge in [-0.1, -0.05) is 0 Å². The van der Waals surface area contributed by atoms with Crippen LogP contribution < -0.4 is 9.47 Å². The number of pyridine rings is 1. The molecule has 1 aromatic heterocycles. The Hall–Kier alpha value is -1.17. The summed E-state index contributed by atoms with van der Waals surface area (Å²) in [4.78, 5) is 3.56. The highest BCUT2D eigenvalue weighted by Gasteiger charge is 2.33. The minimum Gasteiger partial charge on any atom is -0.481 e. The maximum absolute atomic E-state index is 12.1. The van der Waals surface area contributed by atoms with Crippen LogP contribution in [0.2, 0.25) is 0 Å². The van der Waals surface area contributed by atoms with Gasteiger partial charge in [0.05, 0.1) is 7.11 Å². The number of alkyl halides is 4. The molecule has 1 heterocycles. The lowest BCUT2D eigenvalue weighted by atomic mass is 10.2. The minimum absolute atomic E-state index is 0.0282. The lowest BCUT2D eigenvalue weighted by Crippen LogP contribution is -2.19. The third-order valence-corrected chi connectivity index (χ3v) is 2.17. The van der Waals surface area contributed by atoms with Gasteiger partial charge < -0.3 is 9.47 Å². The van der Waals surface area contributed by atoms with Crippen LogP contribution in [-0.2, 0) is 5.88 Å². The zero-order chi connectivity index (χ0) is 12.3. The van der Waals surface area contributed by atoms with E-state index in [2.05, 4.69) is 9.72 Å². The van der Waals surface area contributed by atoms with Crippen LogP contribution >= 0.6 is 11.6 Å². The fourth-order valence-corrected chi connectivity index (χ4v) is 1.34. The molecule has 90 valence electrons. The fourth-order valence-electron chi connectivity index (χ4n) is 1.06. The Labute approximate surface area is 95.1 Å². The number of aromatic nitrogens is 1. The van der Waals surface area contributed by atoms with E-state index in [1.165, 1.54) is 20.1 Å². The van der Waals surface area contributed by atoms with Gasteiger partial charge in [0.15, 0.2) is 0 Å². The second-order valence-corrected chi connectivity index (χ2v) is 3.20. The highest BCUT2D eigenvalue weighted by Crippen LogP contribution is 2.29. The molecule has 0 unspecified atom stereocenters. The molecule has 1 rings (SSSR count). The van der Waals surface area contributed by atoms with Crippen molar-refractivity contribution in [1.82, 2.24) is 4.98 Å². The lowest BCUT2D eigenvalue weighted by Gasteiger charge is -2.13. The Kier molecular flexibility index (Phi) is 3.85. The number of ether oxygens (including phenoxy) is 2. The minimum atomic E-state index is -4.78. The Morgan fingerprint density at radius 2 is 2.06 bits per heavy atom. The van der Waals surface area contributed by atoms with E-state index < -0.39 is 12.2 Å². The van der Waals surface area contributed by atoms with Gasteiger partial charge in [-0.25, -0.2) is 0 Å². The number of rotatable bonds is 3. The molecule has 0 saturated carbocycles. The Morgan fingerprint density at radius 3 is 2.50 bits per heavy atom. The molecule has 3 nitrogen and oxygen atoms in total. The molecule has 0 atom stereocenters. The largest absolute Gasteiger partial charge is 0.574 e. The Balaban J connectivity index is 3.16. The van der Waals surface area contributed by atoms with Crippen LogP contribution in [0.4, 0.5) is 13.2 Å². The summed E-state index contributed by atoms with van der Waals surface area (Å²) in [6.45, 7) is 1.45. The second kappa shape index (κ2) is 4.78. The second-order valence-electron chi connectivity index (χ2n) is 2.94. The van der Waals surface area contributed by atoms with Crippen molar-refractivity contribution in [1.29, 1.82) is 0 Å². The van der Waals surface area contributed by atoms with Crippen LogP contribution in [-0.4, -0.2) is 18.5 Å². The van der Waals surface area contributed by atoms with Gasteiger partial charge in [0.25, 0.3) is 0 Å². The van der Waals surface area contributed by atoms with Crippen LogP contribution in [0.5, 0.6) is 11.8 Å². The van der Waals surface area contributed by atoms with E-state index in [1.54, 1.807) is 0 Å². The summed E-state index contributed by atoms with van der Waals surface area (Å²) >= 11 is 5.58. The molecule has 7 heteroatoms. The van der Waals surface area contributed by atoms with E-state index in [0.717, 1.165) is 0 Å². The highest BCUT2D eigenvalue weighted by atomic mass is 35.5. The van der Waals surface area contributed by atoms with Crippen molar-refractivity contribution >= 4 is 11.6 Å². The van der Waals surface area contributed by atoms with Gasteiger partial charge in [0.2, 0.25) is 11.8 Å². The molecule has 0 aromatic carbocycles. The predicted octanol–water partition coefficient (Wildman–Crippen LogP) is 3.04. The molecular weight excluding hydrogens is 247 g/mol.